The molecule has 0 atom stereocenters. The Hall–Kier alpha value is -3.65. The highest BCUT2D eigenvalue weighted by atomic mass is 16.3. The number of benzene rings is 3. The SMILES string of the molecule is C(=C\c1nc2ccccc2c2oc(-c3ccccc3)cc12)/c1ccccc1. The van der Waals surface area contributed by atoms with Crippen molar-refractivity contribution in [3.63, 3.8) is 0 Å². The number of pyridine rings is 1. The van der Waals surface area contributed by atoms with E-state index in [0.29, 0.717) is 0 Å². The average Bonchev–Trinajstić information content (AvgIpc) is 3.19. The van der Waals surface area contributed by atoms with Crippen LogP contribution in [0.2, 0.25) is 0 Å². The maximum absolute atomic E-state index is 6.29. The van der Waals surface area contributed by atoms with E-state index < -0.39 is 0 Å². The van der Waals surface area contributed by atoms with Crippen molar-refractivity contribution in [3.05, 3.63) is 102 Å². The standard InChI is InChI=1S/C25H17NO/c1-3-9-18(10-4-1)15-16-23-21-17-24(19-11-5-2-6-12-19)27-25(21)20-13-7-8-14-22(20)26-23/h1-17H/b16-15+. The zero-order chi connectivity index (χ0) is 18.1. The van der Waals surface area contributed by atoms with Gasteiger partial charge in [-0.1, -0.05) is 78.9 Å². The van der Waals surface area contributed by atoms with Crippen molar-refractivity contribution >= 4 is 34.0 Å². The second-order valence-corrected chi connectivity index (χ2v) is 6.48. The van der Waals surface area contributed by atoms with Gasteiger partial charge in [-0.25, -0.2) is 4.98 Å². The van der Waals surface area contributed by atoms with Crippen molar-refractivity contribution in [3.8, 4) is 11.3 Å². The third kappa shape index (κ3) is 2.91. The normalized spacial score (nSPS) is 11.6. The maximum atomic E-state index is 6.29. The molecular formula is C25H17NO. The lowest BCUT2D eigenvalue weighted by Crippen LogP contribution is -1.85. The van der Waals surface area contributed by atoms with Crippen molar-refractivity contribution < 1.29 is 4.42 Å². The molecule has 0 N–H and O–H groups in total. The molecule has 2 heterocycles. The number of rotatable bonds is 3. The summed E-state index contributed by atoms with van der Waals surface area (Å²) in [5.41, 5.74) is 4.94. The summed E-state index contributed by atoms with van der Waals surface area (Å²) in [5.74, 6) is 0.859. The molecule has 0 unspecified atom stereocenters. The van der Waals surface area contributed by atoms with E-state index in [1.165, 1.54) is 0 Å². The van der Waals surface area contributed by atoms with E-state index in [1.807, 2.05) is 54.6 Å². The Balaban J connectivity index is 1.73. The summed E-state index contributed by atoms with van der Waals surface area (Å²) >= 11 is 0. The van der Waals surface area contributed by atoms with Gasteiger partial charge in [-0.15, -0.1) is 0 Å². The quantitative estimate of drug-likeness (QED) is 0.358. The molecule has 0 aliphatic heterocycles. The molecule has 128 valence electrons. The Morgan fingerprint density at radius 1 is 0.667 bits per heavy atom. The Morgan fingerprint density at radius 3 is 2.19 bits per heavy atom. The topological polar surface area (TPSA) is 26.0 Å². The van der Waals surface area contributed by atoms with Gasteiger partial charge in [-0.3, -0.25) is 0 Å². The third-order valence-electron chi connectivity index (χ3n) is 4.69. The molecular weight excluding hydrogens is 330 g/mol. The van der Waals surface area contributed by atoms with Crippen molar-refractivity contribution in [2.75, 3.05) is 0 Å². The monoisotopic (exact) mass is 347 g/mol. The molecule has 2 nitrogen and oxygen atoms in total. The molecule has 2 heteroatoms. The predicted octanol–water partition coefficient (Wildman–Crippen LogP) is 6.82. The minimum absolute atomic E-state index is 0.859. The minimum atomic E-state index is 0.859. The van der Waals surface area contributed by atoms with Gasteiger partial charge < -0.3 is 4.42 Å². The van der Waals surface area contributed by atoms with Gasteiger partial charge in [0.25, 0.3) is 0 Å². The van der Waals surface area contributed by atoms with E-state index >= 15 is 0 Å². The number of furan rings is 1. The van der Waals surface area contributed by atoms with E-state index in [4.69, 9.17) is 9.40 Å². The molecule has 0 aliphatic rings. The fraction of sp³-hybridized carbons (Fsp3) is 0. The van der Waals surface area contributed by atoms with Gasteiger partial charge in [-0.05, 0) is 29.8 Å². The molecule has 0 aliphatic carbocycles. The fourth-order valence-corrected chi connectivity index (χ4v) is 3.35. The highest BCUT2D eigenvalue weighted by Gasteiger charge is 2.13. The second kappa shape index (κ2) is 6.58. The number of para-hydroxylation sites is 1. The lowest BCUT2D eigenvalue weighted by atomic mass is 10.1. The van der Waals surface area contributed by atoms with Crippen molar-refractivity contribution in [1.82, 2.24) is 4.98 Å². The fourth-order valence-electron chi connectivity index (χ4n) is 3.35. The van der Waals surface area contributed by atoms with Gasteiger partial charge in [0.1, 0.15) is 11.3 Å². The van der Waals surface area contributed by atoms with Crippen LogP contribution >= 0.6 is 0 Å². The van der Waals surface area contributed by atoms with Gasteiger partial charge in [-0.2, -0.15) is 0 Å². The first-order chi connectivity index (χ1) is 13.4. The number of nitrogens with zero attached hydrogens (tertiary/aromatic N) is 1. The van der Waals surface area contributed by atoms with Crippen LogP contribution in [0.3, 0.4) is 0 Å². The Kier molecular flexibility index (Phi) is 3.80. The molecule has 0 bridgehead atoms. The molecule has 0 spiro atoms. The first-order valence-electron chi connectivity index (χ1n) is 8.99. The van der Waals surface area contributed by atoms with Crippen LogP contribution in [0.1, 0.15) is 11.3 Å². The van der Waals surface area contributed by atoms with Gasteiger partial charge >= 0.3 is 0 Å². The Labute approximate surface area is 157 Å². The first kappa shape index (κ1) is 15.6. The largest absolute Gasteiger partial charge is 0.455 e. The molecule has 0 saturated carbocycles. The highest BCUT2D eigenvalue weighted by Crippen LogP contribution is 2.34. The Morgan fingerprint density at radius 2 is 1.37 bits per heavy atom. The summed E-state index contributed by atoms with van der Waals surface area (Å²) in [6.07, 6.45) is 4.15. The molecule has 0 saturated heterocycles. The zero-order valence-corrected chi connectivity index (χ0v) is 14.7. The van der Waals surface area contributed by atoms with Gasteiger partial charge in [0.2, 0.25) is 0 Å². The summed E-state index contributed by atoms with van der Waals surface area (Å²) in [5, 5.41) is 2.06. The molecule has 0 fully saturated rings. The van der Waals surface area contributed by atoms with Crippen molar-refractivity contribution in [2.24, 2.45) is 0 Å². The molecule has 0 amide bonds. The first-order valence-corrected chi connectivity index (χ1v) is 8.99. The van der Waals surface area contributed by atoms with Gasteiger partial charge in [0.15, 0.2) is 0 Å². The van der Waals surface area contributed by atoms with Gasteiger partial charge in [0.05, 0.1) is 11.2 Å². The lowest BCUT2D eigenvalue weighted by Gasteiger charge is -2.02. The van der Waals surface area contributed by atoms with Crippen LogP contribution in [-0.2, 0) is 0 Å². The number of fused-ring (bicyclic) bond motifs is 3. The van der Waals surface area contributed by atoms with E-state index in [-0.39, 0.29) is 0 Å². The van der Waals surface area contributed by atoms with Crippen LogP contribution in [0.25, 0.3) is 45.3 Å². The van der Waals surface area contributed by atoms with Crippen molar-refractivity contribution in [1.29, 1.82) is 0 Å². The van der Waals surface area contributed by atoms with Crippen LogP contribution in [0.5, 0.6) is 0 Å². The number of hydrogen-bond acceptors (Lipinski definition) is 2. The van der Waals surface area contributed by atoms with E-state index in [2.05, 4.69) is 48.6 Å². The molecule has 3 aromatic carbocycles. The van der Waals surface area contributed by atoms with E-state index in [1.54, 1.807) is 0 Å². The van der Waals surface area contributed by atoms with Crippen LogP contribution < -0.4 is 0 Å². The van der Waals surface area contributed by atoms with E-state index in [0.717, 1.165) is 44.5 Å². The number of hydrogen-bond donors (Lipinski definition) is 0. The highest BCUT2D eigenvalue weighted by molar-refractivity contribution is 6.07. The predicted molar refractivity (Wildman–Crippen MR) is 112 cm³/mol. The second-order valence-electron chi connectivity index (χ2n) is 6.48. The maximum Gasteiger partial charge on any atom is 0.146 e. The van der Waals surface area contributed by atoms with Crippen LogP contribution in [0.4, 0.5) is 0 Å². The molecule has 0 radical (unpaired) electrons. The summed E-state index contributed by atoms with van der Waals surface area (Å²) < 4.78 is 6.29. The molecule has 5 aromatic rings. The van der Waals surface area contributed by atoms with Gasteiger partial charge in [0, 0.05) is 16.3 Å². The summed E-state index contributed by atoms with van der Waals surface area (Å²) in [6, 6.07) is 30.6. The summed E-state index contributed by atoms with van der Waals surface area (Å²) in [6.45, 7) is 0. The van der Waals surface area contributed by atoms with Crippen LogP contribution in [0, 0.1) is 0 Å². The smallest absolute Gasteiger partial charge is 0.146 e. The molecule has 27 heavy (non-hydrogen) atoms. The van der Waals surface area contributed by atoms with E-state index in [9.17, 15) is 0 Å². The lowest BCUT2D eigenvalue weighted by molar-refractivity contribution is 0.635. The van der Waals surface area contributed by atoms with Crippen LogP contribution in [-0.4, -0.2) is 4.98 Å². The third-order valence-corrected chi connectivity index (χ3v) is 4.69. The summed E-state index contributed by atoms with van der Waals surface area (Å²) in [4.78, 5) is 4.88. The van der Waals surface area contributed by atoms with Crippen molar-refractivity contribution in [2.45, 2.75) is 0 Å². The zero-order valence-electron chi connectivity index (χ0n) is 14.7. The van der Waals surface area contributed by atoms with Crippen LogP contribution in [0.15, 0.2) is 95.4 Å². The Bertz CT molecular complexity index is 1250. The average molecular weight is 347 g/mol. The minimum Gasteiger partial charge on any atom is -0.455 e. The molecule has 5 rings (SSSR count). The summed E-state index contributed by atoms with van der Waals surface area (Å²) in [7, 11) is 0. The molecule has 2 aromatic heterocycles. The number of aromatic nitrogens is 1.